The minimum Gasteiger partial charge on any atom is -0.289 e. The summed E-state index contributed by atoms with van der Waals surface area (Å²) in [6.45, 7) is 0. The van der Waals surface area contributed by atoms with Crippen LogP contribution in [0.3, 0.4) is 0 Å². The highest BCUT2D eigenvalue weighted by Crippen LogP contribution is 2.14. The Labute approximate surface area is 65.4 Å². The third kappa shape index (κ3) is 0.984. The first-order valence-corrected chi connectivity index (χ1v) is 3.57. The fourth-order valence-corrected chi connectivity index (χ4v) is 1.25. The minimum absolute atomic E-state index is 0.0758. The average Bonchev–Trinajstić information content (AvgIpc) is 2.06. The van der Waals surface area contributed by atoms with Crippen molar-refractivity contribution in [3.8, 4) is 0 Å². The Bertz CT molecular complexity index is 323. The monoisotopic (exact) mass is 143 g/mol. The van der Waals surface area contributed by atoms with Crippen molar-refractivity contribution in [3.05, 3.63) is 47.5 Å². The first kappa shape index (κ1) is 6.35. The van der Waals surface area contributed by atoms with Gasteiger partial charge in [-0.05, 0) is 24.1 Å². The van der Waals surface area contributed by atoms with E-state index in [9.17, 15) is 4.79 Å². The first-order valence-electron chi connectivity index (χ1n) is 3.57. The molecular weight excluding hydrogens is 136 g/mol. The molecule has 0 N–H and O–H groups in total. The zero-order valence-electron chi connectivity index (χ0n) is 6.00. The van der Waals surface area contributed by atoms with Gasteiger partial charge in [-0.25, -0.2) is 0 Å². The number of rotatable bonds is 0. The molecule has 0 unspecified atom stereocenters. The second kappa shape index (κ2) is 2.35. The molecule has 0 heterocycles. The fourth-order valence-electron chi connectivity index (χ4n) is 1.25. The van der Waals surface area contributed by atoms with E-state index in [2.05, 4.69) is 6.08 Å². The van der Waals surface area contributed by atoms with Gasteiger partial charge in [0.15, 0.2) is 5.78 Å². The van der Waals surface area contributed by atoms with Gasteiger partial charge in [-0.1, -0.05) is 24.3 Å². The molecule has 1 aromatic carbocycles. The molecule has 1 aliphatic carbocycles. The van der Waals surface area contributed by atoms with Crippen LogP contribution < -0.4 is 0 Å². The molecule has 0 atom stereocenters. The molecule has 0 aliphatic heterocycles. The lowest BCUT2D eigenvalue weighted by Crippen LogP contribution is -2.04. The molecule has 1 radical (unpaired) electrons. The Morgan fingerprint density at radius 1 is 1.27 bits per heavy atom. The maximum atomic E-state index is 11.2. The van der Waals surface area contributed by atoms with Crippen LogP contribution in [0.15, 0.2) is 30.3 Å². The predicted octanol–water partition coefficient (Wildman–Crippen LogP) is 1.78. The lowest BCUT2D eigenvalue weighted by atomic mass is 9.96. The topological polar surface area (TPSA) is 17.1 Å². The number of carbonyl (C=O) groups is 1. The van der Waals surface area contributed by atoms with Crippen LogP contribution in [0.4, 0.5) is 0 Å². The van der Waals surface area contributed by atoms with E-state index < -0.39 is 0 Å². The van der Waals surface area contributed by atoms with Crippen molar-refractivity contribution < 1.29 is 4.79 Å². The fraction of sp³-hybridized carbons (Fsp3) is 0.100. The number of hydrogen-bond acceptors (Lipinski definition) is 1. The Balaban J connectivity index is 2.59. The molecule has 53 valence electrons. The lowest BCUT2D eigenvalue weighted by molar-refractivity contribution is 0.104. The van der Waals surface area contributed by atoms with Gasteiger partial charge in [0.25, 0.3) is 0 Å². The van der Waals surface area contributed by atoms with Crippen LogP contribution in [0.25, 0.3) is 0 Å². The number of fused-ring (bicyclic) bond motifs is 1. The molecule has 0 fully saturated rings. The molecule has 0 saturated carbocycles. The number of allylic oxidation sites excluding steroid dienone is 2. The van der Waals surface area contributed by atoms with Crippen LogP contribution in [-0.4, -0.2) is 5.78 Å². The number of hydrogen-bond donors (Lipinski definition) is 0. The molecule has 0 spiro atoms. The molecule has 1 nitrogen and oxygen atoms in total. The van der Waals surface area contributed by atoms with Crippen LogP contribution in [0.1, 0.15) is 15.9 Å². The Morgan fingerprint density at radius 3 is 2.91 bits per heavy atom. The Kier molecular flexibility index (Phi) is 1.35. The number of ketones is 1. The third-order valence-electron chi connectivity index (χ3n) is 1.81. The first-order chi connectivity index (χ1) is 5.38. The number of benzene rings is 1. The van der Waals surface area contributed by atoms with Gasteiger partial charge in [-0.15, -0.1) is 0 Å². The van der Waals surface area contributed by atoms with Gasteiger partial charge in [0.2, 0.25) is 0 Å². The highest BCUT2D eigenvalue weighted by atomic mass is 16.1. The van der Waals surface area contributed by atoms with Crippen molar-refractivity contribution in [1.82, 2.24) is 0 Å². The van der Waals surface area contributed by atoms with E-state index in [1.807, 2.05) is 24.3 Å². The van der Waals surface area contributed by atoms with Crippen molar-refractivity contribution in [2.75, 3.05) is 0 Å². The summed E-state index contributed by atoms with van der Waals surface area (Å²) in [4.78, 5) is 11.2. The van der Waals surface area contributed by atoms with E-state index in [1.165, 1.54) is 6.08 Å². The van der Waals surface area contributed by atoms with E-state index >= 15 is 0 Å². The third-order valence-corrected chi connectivity index (χ3v) is 1.81. The summed E-state index contributed by atoms with van der Waals surface area (Å²) in [7, 11) is 0. The standard InChI is InChI=1S/C10H7O/c11-10-7-3-5-8-4-1-2-6-9(8)10/h1-2,4,6-7H,5H2. The van der Waals surface area contributed by atoms with Gasteiger partial charge in [-0.2, -0.15) is 0 Å². The smallest absolute Gasteiger partial charge is 0.186 e. The van der Waals surface area contributed by atoms with Crippen molar-refractivity contribution in [2.45, 2.75) is 6.42 Å². The molecule has 2 rings (SSSR count). The maximum absolute atomic E-state index is 11.2. The van der Waals surface area contributed by atoms with E-state index in [0.29, 0.717) is 0 Å². The highest BCUT2D eigenvalue weighted by molar-refractivity contribution is 6.06. The van der Waals surface area contributed by atoms with Crippen LogP contribution in [0, 0.1) is 6.08 Å². The summed E-state index contributed by atoms with van der Waals surface area (Å²) in [5, 5.41) is 0. The Hall–Kier alpha value is -1.37. The summed E-state index contributed by atoms with van der Waals surface area (Å²) in [5.41, 5.74) is 1.91. The SMILES string of the molecule is O=C1C=[C]Cc2ccccc21. The molecule has 1 aromatic rings. The van der Waals surface area contributed by atoms with Crippen molar-refractivity contribution in [1.29, 1.82) is 0 Å². The van der Waals surface area contributed by atoms with Crippen molar-refractivity contribution in [3.63, 3.8) is 0 Å². The normalized spacial score (nSPS) is 14.7. The molecule has 0 aromatic heterocycles. The quantitative estimate of drug-likeness (QED) is 0.541. The summed E-state index contributed by atoms with van der Waals surface area (Å²) >= 11 is 0. The van der Waals surface area contributed by atoms with Gasteiger partial charge in [0.1, 0.15) is 0 Å². The highest BCUT2D eigenvalue weighted by Gasteiger charge is 2.10. The molecule has 11 heavy (non-hydrogen) atoms. The molecule has 1 aliphatic rings. The second-order valence-corrected chi connectivity index (χ2v) is 2.55. The second-order valence-electron chi connectivity index (χ2n) is 2.55. The van der Waals surface area contributed by atoms with Crippen LogP contribution in [0.5, 0.6) is 0 Å². The maximum Gasteiger partial charge on any atom is 0.186 e. The minimum atomic E-state index is 0.0758. The van der Waals surface area contributed by atoms with E-state index in [0.717, 1.165) is 17.5 Å². The summed E-state index contributed by atoms with van der Waals surface area (Å²) in [6, 6.07) is 7.65. The molecular formula is C10H7O. The largest absolute Gasteiger partial charge is 0.289 e. The van der Waals surface area contributed by atoms with E-state index in [-0.39, 0.29) is 5.78 Å². The van der Waals surface area contributed by atoms with Crippen LogP contribution >= 0.6 is 0 Å². The van der Waals surface area contributed by atoms with E-state index in [1.54, 1.807) is 0 Å². The summed E-state index contributed by atoms with van der Waals surface area (Å²) in [6.07, 6.45) is 5.20. The molecule has 0 amide bonds. The van der Waals surface area contributed by atoms with E-state index in [4.69, 9.17) is 0 Å². The van der Waals surface area contributed by atoms with Gasteiger partial charge in [0, 0.05) is 5.56 Å². The number of carbonyl (C=O) groups excluding carboxylic acids is 1. The van der Waals surface area contributed by atoms with Crippen molar-refractivity contribution in [2.24, 2.45) is 0 Å². The molecule has 0 bridgehead atoms. The predicted molar refractivity (Wildman–Crippen MR) is 42.3 cm³/mol. The van der Waals surface area contributed by atoms with Crippen molar-refractivity contribution >= 4 is 5.78 Å². The van der Waals surface area contributed by atoms with Gasteiger partial charge >= 0.3 is 0 Å². The average molecular weight is 143 g/mol. The zero-order valence-corrected chi connectivity index (χ0v) is 6.00. The van der Waals surface area contributed by atoms with Gasteiger partial charge in [-0.3, -0.25) is 4.79 Å². The van der Waals surface area contributed by atoms with Crippen LogP contribution in [-0.2, 0) is 6.42 Å². The van der Waals surface area contributed by atoms with Gasteiger partial charge < -0.3 is 0 Å². The van der Waals surface area contributed by atoms with Gasteiger partial charge in [0.05, 0.1) is 0 Å². The Morgan fingerprint density at radius 2 is 2.09 bits per heavy atom. The molecule has 0 saturated heterocycles. The lowest BCUT2D eigenvalue weighted by Gasteiger charge is -2.07. The summed E-state index contributed by atoms with van der Waals surface area (Å²) in [5.74, 6) is 0.0758. The van der Waals surface area contributed by atoms with Crippen LogP contribution in [0.2, 0.25) is 0 Å². The summed E-state index contributed by atoms with van der Waals surface area (Å²) < 4.78 is 0. The zero-order chi connectivity index (χ0) is 7.68. The molecule has 1 heteroatoms.